The van der Waals surface area contributed by atoms with E-state index in [1.807, 2.05) is 68.4 Å². The lowest BCUT2D eigenvalue weighted by Gasteiger charge is -2.21. The summed E-state index contributed by atoms with van der Waals surface area (Å²) in [6.45, 7) is 3.89. The number of nitrogens with zero attached hydrogens (tertiary/aromatic N) is 2. The van der Waals surface area contributed by atoms with E-state index in [2.05, 4.69) is 15.3 Å². The largest absolute Gasteiger partial charge is 0.391 e. The van der Waals surface area contributed by atoms with Crippen molar-refractivity contribution < 1.29 is 5.11 Å². The number of nitrogens with one attached hydrogen (secondary N) is 1. The molecule has 4 heteroatoms. The number of anilines is 1. The maximum atomic E-state index is 10.4. The monoisotopic (exact) mass is 307 g/mol. The molecule has 0 fully saturated rings. The number of benzene rings is 2. The third-order valence-corrected chi connectivity index (χ3v) is 3.97. The molecule has 0 aliphatic carbocycles. The Balaban J connectivity index is 1.74. The van der Waals surface area contributed by atoms with Crippen LogP contribution >= 0.6 is 0 Å². The van der Waals surface area contributed by atoms with Crippen molar-refractivity contribution >= 4 is 16.9 Å². The van der Waals surface area contributed by atoms with Crippen LogP contribution in [0.3, 0.4) is 0 Å². The van der Waals surface area contributed by atoms with Gasteiger partial charge in [-0.25, -0.2) is 9.97 Å². The molecular weight excluding hydrogens is 286 g/mol. The minimum Gasteiger partial charge on any atom is -0.391 e. The smallest absolute Gasteiger partial charge is 0.148 e. The minimum absolute atomic E-state index is 0.121. The molecule has 0 saturated carbocycles. The van der Waals surface area contributed by atoms with E-state index in [4.69, 9.17) is 0 Å². The molecule has 2 aromatic carbocycles. The van der Waals surface area contributed by atoms with Gasteiger partial charge in [0.1, 0.15) is 5.82 Å². The minimum atomic E-state index is -0.495. The molecule has 0 aliphatic rings. The highest BCUT2D eigenvalue weighted by Crippen LogP contribution is 2.18. The van der Waals surface area contributed by atoms with Gasteiger partial charge in [0.15, 0.2) is 0 Å². The van der Waals surface area contributed by atoms with Crippen molar-refractivity contribution in [3.8, 4) is 0 Å². The fourth-order valence-corrected chi connectivity index (χ4v) is 2.57. The summed E-state index contributed by atoms with van der Waals surface area (Å²) in [7, 11) is 0. The number of fused-ring (bicyclic) bond motifs is 1. The summed E-state index contributed by atoms with van der Waals surface area (Å²) >= 11 is 0. The molecular formula is C19H21N3O. The van der Waals surface area contributed by atoms with E-state index in [0.717, 1.165) is 28.1 Å². The topological polar surface area (TPSA) is 58.0 Å². The van der Waals surface area contributed by atoms with Crippen LogP contribution in [0.15, 0.2) is 54.6 Å². The van der Waals surface area contributed by atoms with Crippen molar-refractivity contribution in [3.63, 3.8) is 0 Å². The van der Waals surface area contributed by atoms with Crippen LogP contribution in [0.25, 0.3) is 11.0 Å². The summed E-state index contributed by atoms with van der Waals surface area (Å²) in [5.74, 6) is 0.725. The van der Waals surface area contributed by atoms with E-state index < -0.39 is 6.10 Å². The second kappa shape index (κ2) is 6.75. The summed E-state index contributed by atoms with van der Waals surface area (Å²) in [6.07, 6.45) is 0.111. The van der Waals surface area contributed by atoms with Crippen molar-refractivity contribution in [2.75, 3.05) is 5.32 Å². The molecule has 2 N–H and O–H groups in total. The molecule has 4 nitrogen and oxygen atoms in total. The molecule has 0 saturated heterocycles. The zero-order valence-electron chi connectivity index (χ0n) is 13.4. The molecule has 3 aromatic rings. The van der Waals surface area contributed by atoms with Gasteiger partial charge in [-0.3, -0.25) is 0 Å². The molecule has 23 heavy (non-hydrogen) atoms. The maximum Gasteiger partial charge on any atom is 0.148 e. The molecule has 0 bridgehead atoms. The first-order valence-corrected chi connectivity index (χ1v) is 7.85. The molecule has 3 rings (SSSR count). The fourth-order valence-electron chi connectivity index (χ4n) is 2.57. The highest BCUT2D eigenvalue weighted by molar-refractivity contribution is 5.76. The average Bonchev–Trinajstić information content (AvgIpc) is 2.56. The molecule has 1 aromatic heterocycles. The second-order valence-electron chi connectivity index (χ2n) is 5.84. The van der Waals surface area contributed by atoms with Gasteiger partial charge >= 0.3 is 0 Å². The molecule has 0 aliphatic heterocycles. The standard InChI is InChI=1S/C19H21N3O/c1-13(18(23)12-15-8-4-3-5-9-15)21-19-14(2)20-16-10-6-7-11-17(16)22-19/h3-11,13,18,23H,12H2,1-2H3,(H,21,22). The molecule has 0 radical (unpaired) electrons. The lowest BCUT2D eigenvalue weighted by atomic mass is 10.0. The molecule has 2 unspecified atom stereocenters. The fraction of sp³-hybridized carbons (Fsp3) is 0.263. The lowest BCUT2D eigenvalue weighted by molar-refractivity contribution is 0.158. The van der Waals surface area contributed by atoms with Crippen LogP contribution in [-0.4, -0.2) is 27.2 Å². The Bertz CT molecular complexity index is 789. The summed E-state index contributed by atoms with van der Waals surface area (Å²) in [5.41, 5.74) is 3.69. The van der Waals surface area contributed by atoms with Gasteiger partial charge in [0.25, 0.3) is 0 Å². The highest BCUT2D eigenvalue weighted by atomic mass is 16.3. The molecule has 2 atom stereocenters. The molecule has 118 valence electrons. The Morgan fingerprint density at radius 1 is 0.957 bits per heavy atom. The number of aliphatic hydroxyl groups excluding tert-OH is 1. The van der Waals surface area contributed by atoms with E-state index in [-0.39, 0.29) is 6.04 Å². The van der Waals surface area contributed by atoms with Gasteiger partial charge in [0.2, 0.25) is 0 Å². The number of aromatic nitrogens is 2. The number of aliphatic hydroxyl groups is 1. The Labute approximate surface area is 136 Å². The van der Waals surface area contributed by atoms with Gasteiger partial charge in [-0.15, -0.1) is 0 Å². The normalized spacial score (nSPS) is 13.7. The van der Waals surface area contributed by atoms with E-state index in [1.165, 1.54) is 0 Å². The van der Waals surface area contributed by atoms with Crippen LogP contribution in [-0.2, 0) is 6.42 Å². The summed E-state index contributed by atoms with van der Waals surface area (Å²) < 4.78 is 0. The second-order valence-corrected chi connectivity index (χ2v) is 5.84. The first-order valence-electron chi connectivity index (χ1n) is 7.85. The first kappa shape index (κ1) is 15.4. The van der Waals surface area contributed by atoms with Gasteiger partial charge in [0, 0.05) is 6.42 Å². The molecule has 0 spiro atoms. The van der Waals surface area contributed by atoms with Crippen LogP contribution in [0.4, 0.5) is 5.82 Å². The number of hydrogen-bond donors (Lipinski definition) is 2. The summed E-state index contributed by atoms with van der Waals surface area (Å²) in [6, 6.07) is 17.7. The third kappa shape index (κ3) is 3.66. The number of rotatable bonds is 5. The van der Waals surface area contributed by atoms with Crippen molar-refractivity contribution in [1.29, 1.82) is 0 Å². The van der Waals surface area contributed by atoms with Gasteiger partial charge in [-0.2, -0.15) is 0 Å². The highest BCUT2D eigenvalue weighted by Gasteiger charge is 2.16. The zero-order chi connectivity index (χ0) is 16.2. The maximum absolute atomic E-state index is 10.4. The molecule has 1 heterocycles. The summed E-state index contributed by atoms with van der Waals surface area (Å²) in [4.78, 5) is 9.18. The number of hydrogen-bond acceptors (Lipinski definition) is 4. The van der Waals surface area contributed by atoms with Gasteiger partial charge in [0.05, 0.1) is 28.9 Å². The quantitative estimate of drug-likeness (QED) is 0.759. The predicted molar refractivity (Wildman–Crippen MR) is 93.5 cm³/mol. The Hall–Kier alpha value is -2.46. The Kier molecular flexibility index (Phi) is 4.53. The van der Waals surface area contributed by atoms with Crippen molar-refractivity contribution in [2.24, 2.45) is 0 Å². The number of aryl methyl sites for hydroxylation is 1. The predicted octanol–water partition coefficient (Wildman–Crippen LogP) is 3.34. The van der Waals surface area contributed by atoms with Crippen molar-refractivity contribution in [3.05, 3.63) is 65.9 Å². The Morgan fingerprint density at radius 2 is 1.57 bits per heavy atom. The van der Waals surface area contributed by atoms with Crippen LogP contribution in [0.5, 0.6) is 0 Å². The van der Waals surface area contributed by atoms with Crippen LogP contribution in [0, 0.1) is 6.92 Å². The average molecular weight is 307 g/mol. The Morgan fingerprint density at radius 3 is 2.26 bits per heavy atom. The van der Waals surface area contributed by atoms with Crippen molar-refractivity contribution in [1.82, 2.24) is 9.97 Å². The van der Waals surface area contributed by atoms with E-state index in [1.54, 1.807) is 0 Å². The van der Waals surface area contributed by atoms with E-state index in [9.17, 15) is 5.11 Å². The molecule has 0 amide bonds. The van der Waals surface area contributed by atoms with E-state index >= 15 is 0 Å². The van der Waals surface area contributed by atoms with Crippen molar-refractivity contribution in [2.45, 2.75) is 32.4 Å². The summed E-state index contributed by atoms with van der Waals surface area (Å²) in [5, 5.41) is 13.7. The van der Waals surface area contributed by atoms with Gasteiger partial charge in [-0.05, 0) is 31.5 Å². The first-order chi connectivity index (χ1) is 11.1. The van der Waals surface area contributed by atoms with Crippen LogP contribution in [0.2, 0.25) is 0 Å². The lowest BCUT2D eigenvalue weighted by Crippen LogP contribution is -2.33. The SMILES string of the molecule is Cc1nc2ccccc2nc1NC(C)C(O)Cc1ccccc1. The van der Waals surface area contributed by atoms with E-state index in [0.29, 0.717) is 6.42 Å². The van der Waals surface area contributed by atoms with Crippen LogP contribution in [0.1, 0.15) is 18.2 Å². The van der Waals surface area contributed by atoms with Gasteiger partial charge in [-0.1, -0.05) is 42.5 Å². The van der Waals surface area contributed by atoms with Gasteiger partial charge < -0.3 is 10.4 Å². The third-order valence-electron chi connectivity index (χ3n) is 3.97. The number of para-hydroxylation sites is 2. The zero-order valence-corrected chi connectivity index (χ0v) is 13.4. The van der Waals surface area contributed by atoms with Crippen LogP contribution < -0.4 is 5.32 Å².